The number of likely N-dealkylation sites (tertiary alicyclic amines) is 1. The van der Waals surface area contributed by atoms with Crippen LogP contribution < -0.4 is 10.2 Å². The Labute approximate surface area is 139 Å². The number of hydrogen-bond donors (Lipinski definition) is 1. The molecular weight excluding hydrogens is 316 g/mol. The molecule has 0 bridgehead atoms. The van der Waals surface area contributed by atoms with Crippen molar-refractivity contribution < 1.29 is 18.4 Å². The van der Waals surface area contributed by atoms with Crippen LogP contribution in [0.3, 0.4) is 0 Å². The molecule has 0 spiro atoms. The van der Waals surface area contributed by atoms with Gasteiger partial charge in [0.15, 0.2) is 0 Å². The van der Waals surface area contributed by atoms with Gasteiger partial charge in [0.05, 0.1) is 5.69 Å². The summed E-state index contributed by atoms with van der Waals surface area (Å²) in [5, 5.41) is 2.97. The van der Waals surface area contributed by atoms with E-state index in [2.05, 4.69) is 5.32 Å². The van der Waals surface area contributed by atoms with Gasteiger partial charge in [0.2, 0.25) is 11.8 Å². The molecule has 0 radical (unpaired) electrons. The van der Waals surface area contributed by atoms with Crippen molar-refractivity contribution >= 4 is 17.5 Å². The second kappa shape index (κ2) is 6.75. The Morgan fingerprint density at radius 2 is 2.00 bits per heavy atom. The van der Waals surface area contributed by atoms with Crippen LogP contribution in [0.5, 0.6) is 0 Å². The molecule has 2 aliphatic rings. The topological polar surface area (TPSA) is 52.7 Å². The van der Waals surface area contributed by atoms with Crippen LogP contribution in [0.15, 0.2) is 18.2 Å². The van der Waals surface area contributed by atoms with Crippen molar-refractivity contribution in [3.8, 4) is 0 Å². The summed E-state index contributed by atoms with van der Waals surface area (Å²) < 4.78 is 26.9. The SMILES string of the molecule is CC(=O)N1CCC[C@H]1C(=O)N[C@@H]1CCN(c2ccc(F)cc2F)C1. The molecule has 2 fully saturated rings. The molecule has 1 aromatic rings. The van der Waals surface area contributed by atoms with Crippen molar-refractivity contribution in [2.24, 2.45) is 0 Å². The van der Waals surface area contributed by atoms with Crippen LogP contribution in [0.25, 0.3) is 0 Å². The minimum Gasteiger partial charge on any atom is -0.367 e. The van der Waals surface area contributed by atoms with Crippen molar-refractivity contribution in [1.29, 1.82) is 0 Å². The fourth-order valence-corrected chi connectivity index (χ4v) is 3.55. The van der Waals surface area contributed by atoms with Crippen LogP contribution in [0.4, 0.5) is 14.5 Å². The van der Waals surface area contributed by atoms with E-state index in [0.717, 1.165) is 12.5 Å². The van der Waals surface area contributed by atoms with Crippen molar-refractivity contribution in [2.45, 2.75) is 38.3 Å². The highest BCUT2D eigenvalue weighted by molar-refractivity contribution is 5.87. The molecule has 24 heavy (non-hydrogen) atoms. The molecule has 2 saturated heterocycles. The summed E-state index contributed by atoms with van der Waals surface area (Å²) in [6.45, 7) is 3.15. The predicted molar refractivity (Wildman–Crippen MR) is 85.5 cm³/mol. The minimum absolute atomic E-state index is 0.0888. The van der Waals surface area contributed by atoms with Gasteiger partial charge in [0.1, 0.15) is 17.7 Å². The van der Waals surface area contributed by atoms with E-state index in [1.807, 2.05) is 0 Å². The lowest BCUT2D eigenvalue weighted by molar-refractivity contribution is -0.137. The first-order valence-electron chi connectivity index (χ1n) is 8.23. The van der Waals surface area contributed by atoms with E-state index < -0.39 is 17.7 Å². The van der Waals surface area contributed by atoms with Crippen LogP contribution in [0.1, 0.15) is 26.2 Å². The smallest absolute Gasteiger partial charge is 0.243 e. The van der Waals surface area contributed by atoms with Gasteiger partial charge in [-0.05, 0) is 31.4 Å². The molecule has 3 rings (SSSR count). The summed E-state index contributed by atoms with van der Waals surface area (Å²) in [5.41, 5.74) is 0.347. The van der Waals surface area contributed by atoms with Crippen molar-refractivity contribution in [2.75, 3.05) is 24.5 Å². The Morgan fingerprint density at radius 1 is 1.21 bits per heavy atom. The Morgan fingerprint density at radius 3 is 2.71 bits per heavy atom. The number of nitrogens with one attached hydrogen (secondary N) is 1. The summed E-state index contributed by atoms with van der Waals surface area (Å²) in [7, 11) is 0. The number of anilines is 1. The van der Waals surface area contributed by atoms with Gasteiger partial charge in [-0.25, -0.2) is 8.78 Å². The highest BCUT2D eigenvalue weighted by Crippen LogP contribution is 2.25. The molecule has 5 nitrogen and oxygen atoms in total. The van der Waals surface area contributed by atoms with Gasteiger partial charge in [-0.15, -0.1) is 0 Å². The average Bonchev–Trinajstić information content (AvgIpc) is 3.16. The molecule has 2 heterocycles. The number of halogens is 2. The number of amides is 2. The van der Waals surface area contributed by atoms with Crippen molar-refractivity contribution in [3.05, 3.63) is 29.8 Å². The fraction of sp³-hybridized carbons (Fsp3) is 0.529. The van der Waals surface area contributed by atoms with Gasteiger partial charge in [0, 0.05) is 38.7 Å². The maximum atomic E-state index is 13.9. The summed E-state index contributed by atoms with van der Waals surface area (Å²) >= 11 is 0. The lowest BCUT2D eigenvalue weighted by Gasteiger charge is -2.24. The third kappa shape index (κ3) is 3.34. The Hall–Kier alpha value is -2.18. The lowest BCUT2D eigenvalue weighted by Crippen LogP contribution is -2.49. The minimum atomic E-state index is -0.606. The summed E-state index contributed by atoms with van der Waals surface area (Å²) in [4.78, 5) is 27.4. The zero-order chi connectivity index (χ0) is 17.3. The molecule has 0 aromatic heterocycles. The fourth-order valence-electron chi connectivity index (χ4n) is 3.55. The van der Waals surface area contributed by atoms with Crippen LogP contribution in [0.2, 0.25) is 0 Å². The summed E-state index contributed by atoms with van der Waals surface area (Å²) in [5.74, 6) is -1.44. The molecule has 0 aliphatic carbocycles. The van der Waals surface area contributed by atoms with Crippen molar-refractivity contribution in [1.82, 2.24) is 10.2 Å². The van der Waals surface area contributed by atoms with Gasteiger partial charge in [-0.2, -0.15) is 0 Å². The van der Waals surface area contributed by atoms with E-state index >= 15 is 0 Å². The lowest BCUT2D eigenvalue weighted by atomic mass is 10.1. The molecule has 2 atom stereocenters. The average molecular weight is 337 g/mol. The maximum Gasteiger partial charge on any atom is 0.243 e. The van der Waals surface area contributed by atoms with E-state index in [-0.39, 0.29) is 17.9 Å². The van der Waals surface area contributed by atoms with E-state index in [4.69, 9.17) is 0 Å². The van der Waals surface area contributed by atoms with Gasteiger partial charge in [0.25, 0.3) is 0 Å². The molecule has 130 valence electrons. The van der Waals surface area contributed by atoms with Gasteiger partial charge in [-0.3, -0.25) is 9.59 Å². The Bertz CT molecular complexity index is 653. The number of benzene rings is 1. The highest BCUT2D eigenvalue weighted by atomic mass is 19.1. The Balaban J connectivity index is 1.60. The first-order valence-corrected chi connectivity index (χ1v) is 8.23. The normalized spacial score (nSPS) is 23.6. The third-order valence-corrected chi connectivity index (χ3v) is 4.74. The van der Waals surface area contributed by atoms with Crippen molar-refractivity contribution in [3.63, 3.8) is 0 Å². The van der Waals surface area contributed by atoms with E-state index in [1.165, 1.54) is 19.1 Å². The van der Waals surface area contributed by atoms with Gasteiger partial charge >= 0.3 is 0 Å². The van der Waals surface area contributed by atoms with Crippen LogP contribution >= 0.6 is 0 Å². The standard InChI is InChI=1S/C17H21F2N3O2/c1-11(23)22-7-2-3-16(22)17(24)20-13-6-8-21(10-13)15-5-4-12(18)9-14(15)19/h4-5,9,13,16H,2-3,6-8,10H2,1H3,(H,20,24)/t13-,16+/m1/s1. The first-order chi connectivity index (χ1) is 11.5. The quantitative estimate of drug-likeness (QED) is 0.913. The molecule has 7 heteroatoms. The monoisotopic (exact) mass is 337 g/mol. The predicted octanol–water partition coefficient (Wildman–Crippen LogP) is 1.67. The number of carbonyl (C=O) groups excluding carboxylic acids is 2. The zero-order valence-electron chi connectivity index (χ0n) is 13.6. The molecule has 2 aliphatic heterocycles. The first kappa shape index (κ1) is 16.7. The maximum absolute atomic E-state index is 13.9. The molecule has 1 aromatic carbocycles. The van der Waals surface area contributed by atoms with Crippen LogP contribution in [-0.4, -0.2) is 48.4 Å². The second-order valence-corrected chi connectivity index (χ2v) is 6.41. The van der Waals surface area contributed by atoms with Crippen LogP contribution in [0, 0.1) is 11.6 Å². The Kier molecular flexibility index (Phi) is 4.69. The number of nitrogens with zero attached hydrogens (tertiary/aromatic N) is 2. The highest BCUT2D eigenvalue weighted by Gasteiger charge is 2.34. The summed E-state index contributed by atoms with van der Waals surface area (Å²) in [6, 6.07) is 3.01. The number of rotatable bonds is 3. The second-order valence-electron chi connectivity index (χ2n) is 6.41. The molecule has 2 amide bonds. The van der Waals surface area contributed by atoms with E-state index in [0.29, 0.717) is 38.2 Å². The van der Waals surface area contributed by atoms with Crippen LogP contribution in [-0.2, 0) is 9.59 Å². The molecule has 1 N–H and O–H groups in total. The van der Waals surface area contributed by atoms with E-state index in [9.17, 15) is 18.4 Å². The van der Waals surface area contributed by atoms with E-state index in [1.54, 1.807) is 9.80 Å². The largest absolute Gasteiger partial charge is 0.367 e. The number of hydrogen-bond acceptors (Lipinski definition) is 3. The summed E-state index contributed by atoms with van der Waals surface area (Å²) in [6.07, 6.45) is 2.19. The van der Waals surface area contributed by atoms with Gasteiger partial charge < -0.3 is 15.1 Å². The molecule has 0 saturated carbocycles. The zero-order valence-corrected chi connectivity index (χ0v) is 13.6. The number of carbonyl (C=O) groups is 2. The molecular formula is C17H21F2N3O2. The van der Waals surface area contributed by atoms with Gasteiger partial charge in [-0.1, -0.05) is 0 Å². The molecule has 0 unspecified atom stereocenters. The third-order valence-electron chi connectivity index (χ3n) is 4.74.